The molecule has 1 aliphatic rings. The van der Waals surface area contributed by atoms with Crippen molar-refractivity contribution in [3.63, 3.8) is 0 Å². The second-order valence-electron chi connectivity index (χ2n) is 5.72. The molecule has 2 N–H and O–H groups in total. The molecule has 1 heterocycles. The molecule has 21 heavy (non-hydrogen) atoms. The Kier molecular flexibility index (Phi) is 4.67. The molecular formula is C14H20N2O3S2. The van der Waals surface area contributed by atoms with E-state index in [0.717, 1.165) is 0 Å². The smallest absolute Gasteiger partial charge is 0.218 e. The molecule has 2 rings (SSSR count). The monoisotopic (exact) mass is 328 g/mol. The Balaban J connectivity index is 2.24. The molecule has 0 saturated carbocycles. The fraction of sp³-hybridized carbons (Fsp3) is 0.500. The number of rotatable bonds is 4. The van der Waals surface area contributed by atoms with Gasteiger partial charge in [0.15, 0.2) is 0 Å². The summed E-state index contributed by atoms with van der Waals surface area (Å²) in [5, 5.41) is 0. The number of sulfonamides is 1. The second kappa shape index (κ2) is 6.00. The largest absolute Gasteiger partial charge is 0.389 e. The fourth-order valence-electron chi connectivity index (χ4n) is 2.38. The Bertz CT molecular complexity index is 641. The number of benzene rings is 1. The van der Waals surface area contributed by atoms with Crippen LogP contribution in [0, 0.1) is 0 Å². The van der Waals surface area contributed by atoms with E-state index in [1.165, 1.54) is 4.31 Å². The summed E-state index contributed by atoms with van der Waals surface area (Å²) in [7, 11) is -3.43. The van der Waals surface area contributed by atoms with Gasteiger partial charge in [0.05, 0.1) is 18.0 Å². The summed E-state index contributed by atoms with van der Waals surface area (Å²) in [6.45, 7) is 4.91. The summed E-state index contributed by atoms with van der Waals surface area (Å²) in [6.07, 6.45) is 0. The minimum atomic E-state index is -3.43. The van der Waals surface area contributed by atoms with Crippen LogP contribution in [0.2, 0.25) is 0 Å². The van der Waals surface area contributed by atoms with Crippen LogP contribution in [0.1, 0.15) is 25.0 Å². The standard InChI is InChI=1S/C14H20N2O3S2/c1-14(2)10-16(7-8-19-14)21(17,18)9-11-5-3-4-6-12(11)13(15)20/h3-6H,7-10H2,1-2H3,(H2,15,20). The maximum absolute atomic E-state index is 12.6. The van der Waals surface area contributed by atoms with Crippen LogP contribution >= 0.6 is 12.2 Å². The summed E-state index contributed by atoms with van der Waals surface area (Å²) in [5.41, 5.74) is 6.44. The predicted octanol–water partition coefficient (Wildman–Crippen LogP) is 1.26. The van der Waals surface area contributed by atoms with Crippen molar-refractivity contribution in [1.29, 1.82) is 0 Å². The van der Waals surface area contributed by atoms with Gasteiger partial charge in [0.2, 0.25) is 10.0 Å². The summed E-state index contributed by atoms with van der Waals surface area (Å²) >= 11 is 4.98. The van der Waals surface area contributed by atoms with Gasteiger partial charge in [0, 0.05) is 18.7 Å². The average molecular weight is 328 g/mol. The van der Waals surface area contributed by atoms with Crippen LogP contribution in [-0.4, -0.2) is 43.0 Å². The Labute approximate surface area is 131 Å². The molecule has 1 aliphatic heterocycles. The highest BCUT2D eigenvalue weighted by Crippen LogP contribution is 2.22. The van der Waals surface area contributed by atoms with E-state index >= 15 is 0 Å². The molecule has 1 fully saturated rings. The van der Waals surface area contributed by atoms with Crippen molar-refractivity contribution >= 4 is 27.2 Å². The molecule has 1 aromatic carbocycles. The zero-order valence-corrected chi connectivity index (χ0v) is 13.8. The lowest BCUT2D eigenvalue weighted by atomic mass is 10.1. The Morgan fingerprint density at radius 1 is 1.43 bits per heavy atom. The molecule has 0 amide bonds. The van der Waals surface area contributed by atoms with Crippen molar-refractivity contribution in [2.45, 2.75) is 25.2 Å². The third-order valence-electron chi connectivity index (χ3n) is 3.40. The lowest BCUT2D eigenvalue weighted by molar-refractivity contribution is -0.0640. The average Bonchev–Trinajstić information content (AvgIpc) is 2.37. The van der Waals surface area contributed by atoms with Gasteiger partial charge < -0.3 is 10.5 Å². The van der Waals surface area contributed by atoms with Crippen LogP contribution in [0.3, 0.4) is 0 Å². The molecule has 7 heteroatoms. The maximum Gasteiger partial charge on any atom is 0.218 e. The van der Waals surface area contributed by atoms with Crippen molar-refractivity contribution < 1.29 is 13.2 Å². The normalized spacial score (nSPS) is 19.3. The van der Waals surface area contributed by atoms with Crippen LogP contribution < -0.4 is 5.73 Å². The van der Waals surface area contributed by atoms with Gasteiger partial charge in [-0.25, -0.2) is 8.42 Å². The molecule has 0 aliphatic carbocycles. The first-order chi connectivity index (χ1) is 9.71. The van der Waals surface area contributed by atoms with Crippen molar-refractivity contribution in [2.24, 2.45) is 5.73 Å². The van der Waals surface area contributed by atoms with Crippen molar-refractivity contribution in [1.82, 2.24) is 4.31 Å². The van der Waals surface area contributed by atoms with Crippen LogP contribution in [0.4, 0.5) is 0 Å². The second-order valence-corrected chi connectivity index (χ2v) is 8.13. The Morgan fingerprint density at radius 3 is 2.71 bits per heavy atom. The van der Waals surface area contributed by atoms with E-state index in [0.29, 0.717) is 30.8 Å². The third-order valence-corrected chi connectivity index (χ3v) is 5.40. The predicted molar refractivity (Wildman–Crippen MR) is 86.6 cm³/mol. The van der Waals surface area contributed by atoms with E-state index in [1.807, 2.05) is 13.8 Å². The van der Waals surface area contributed by atoms with E-state index in [-0.39, 0.29) is 10.7 Å². The molecular weight excluding hydrogens is 308 g/mol. The zero-order valence-electron chi connectivity index (χ0n) is 12.2. The van der Waals surface area contributed by atoms with E-state index in [1.54, 1.807) is 24.3 Å². The number of nitrogens with two attached hydrogens (primary N) is 1. The summed E-state index contributed by atoms with van der Waals surface area (Å²) in [6, 6.07) is 7.08. The maximum atomic E-state index is 12.6. The van der Waals surface area contributed by atoms with Gasteiger partial charge >= 0.3 is 0 Å². The molecule has 0 radical (unpaired) electrons. The number of ether oxygens (including phenoxy) is 1. The summed E-state index contributed by atoms with van der Waals surface area (Å²) in [5.74, 6) is -0.101. The van der Waals surface area contributed by atoms with Crippen molar-refractivity contribution in [3.05, 3.63) is 35.4 Å². The molecule has 116 valence electrons. The SMILES string of the molecule is CC1(C)CN(S(=O)(=O)Cc2ccccc2C(N)=S)CCO1. The van der Waals surface area contributed by atoms with E-state index in [4.69, 9.17) is 22.7 Å². The van der Waals surface area contributed by atoms with Crippen LogP contribution in [0.5, 0.6) is 0 Å². The lowest BCUT2D eigenvalue weighted by Crippen LogP contribution is -2.50. The first kappa shape index (κ1) is 16.4. The minimum absolute atomic E-state index is 0.101. The number of hydrogen-bond donors (Lipinski definition) is 1. The van der Waals surface area contributed by atoms with E-state index < -0.39 is 15.6 Å². The number of morpholine rings is 1. The first-order valence-corrected chi connectivity index (χ1v) is 8.72. The molecule has 0 aromatic heterocycles. The van der Waals surface area contributed by atoms with Gasteiger partial charge in [-0.15, -0.1) is 0 Å². The van der Waals surface area contributed by atoms with Gasteiger partial charge in [0.1, 0.15) is 4.99 Å². The first-order valence-electron chi connectivity index (χ1n) is 6.71. The molecule has 0 unspecified atom stereocenters. The molecule has 0 atom stereocenters. The fourth-order valence-corrected chi connectivity index (χ4v) is 4.27. The lowest BCUT2D eigenvalue weighted by Gasteiger charge is -2.37. The Hall–Kier alpha value is -1.02. The minimum Gasteiger partial charge on any atom is -0.389 e. The highest BCUT2D eigenvalue weighted by Gasteiger charge is 2.34. The van der Waals surface area contributed by atoms with E-state index in [2.05, 4.69) is 0 Å². The number of thiocarbonyl (C=S) groups is 1. The number of nitrogens with zero attached hydrogens (tertiary/aromatic N) is 1. The Morgan fingerprint density at radius 2 is 2.10 bits per heavy atom. The van der Waals surface area contributed by atoms with Crippen LogP contribution in [0.15, 0.2) is 24.3 Å². The van der Waals surface area contributed by atoms with Gasteiger partial charge in [-0.3, -0.25) is 0 Å². The molecule has 1 aromatic rings. The molecule has 0 spiro atoms. The van der Waals surface area contributed by atoms with Gasteiger partial charge in [-0.1, -0.05) is 36.5 Å². The topological polar surface area (TPSA) is 72.6 Å². The van der Waals surface area contributed by atoms with Crippen LogP contribution in [-0.2, 0) is 20.5 Å². The zero-order chi connectivity index (χ0) is 15.7. The highest BCUT2D eigenvalue weighted by molar-refractivity contribution is 7.88. The molecule has 1 saturated heterocycles. The van der Waals surface area contributed by atoms with Gasteiger partial charge in [0.25, 0.3) is 0 Å². The van der Waals surface area contributed by atoms with E-state index in [9.17, 15) is 8.42 Å². The van der Waals surface area contributed by atoms with Crippen molar-refractivity contribution in [2.75, 3.05) is 19.7 Å². The summed E-state index contributed by atoms with van der Waals surface area (Å²) < 4.78 is 32.2. The highest BCUT2D eigenvalue weighted by atomic mass is 32.2. The molecule has 5 nitrogen and oxygen atoms in total. The molecule has 0 bridgehead atoms. The summed E-state index contributed by atoms with van der Waals surface area (Å²) in [4.78, 5) is 0.211. The number of hydrogen-bond acceptors (Lipinski definition) is 4. The van der Waals surface area contributed by atoms with Gasteiger partial charge in [-0.05, 0) is 19.4 Å². The quantitative estimate of drug-likeness (QED) is 0.843. The van der Waals surface area contributed by atoms with Crippen LogP contribution in [0.25, 0.3) is 0 Å². The van der Waals surface area contributed by atoms with Crippen molar-refractivity contribution in [3.8, 4) is 0 Å². The van der Waals surface area contributed by atoms with Gasteiger partial charge in [-0.2, -0.15) is 4.31 Å². The third kappa shape index (κ3) is 4.00.